The molecule has 1 aromatic rings. The molecule has 0 aliphatic carbocycles. The number of aliphatic imine (C=N–C) groups is 1. The smallest absolute Gasteiger partial charge is 0.326 e. The van der Waals surface area contributed by atoms with Crippen LogP contribution in [0.4, 0.5) is 0 Å². The van der Waals surface area contributed by atoms with Crippen LogP contribution in [-0.4, -0.2) is 77.1 Å². The van der Waals surface area contributed by atoms with Crippen LogP contribution in [0.25, 0.3) is 0 Å². The van der Waals surface area contributed by atoms with Crippen molar-refractivity contribution in [3.05, 3.63) is 29.8 Å². The van der Waals surface area contributed by atoms with Crippen LogP contribution in [0.15, 0.2) is 29.3 Å². The molecule has 0 spiro atoms. The number of aromatic hydroxyl groups is 1. The fraction of sp³-hybridized carbons (Fsp3) is 0.577. The maximum Gasteiger partial charge on any atom is 0.326 e. The second-order valence-electron chi connectivity index (χ2n) is 9.90. The third-order valence-corrected chi connectivity index (χ3v) is 6.17. The van der Waals surface area contributed by atoms with Crippen LogP contribution in [-0.2, 0) is 25.6 Å². The van der Waals surface area contributed by atoms with Gasteiger partial charge in [-0.15, -0.1) is 0 Å². The van der Waals surface area contributed by atoms with Gasteiger partial charge in [0.1, 0.15) is 23.9 Å². The van der Waals surface area contributed by atoms with Crippen LogP contribution in [0.2, 0.25) is 0 Å². The summed E-state index contributed by atoms with van der Waals surface area (Å²) in [6.45, 7) is 4.13. The van der Waals surface area contributed by atoms with Crippen molar-refractivity contribution in [2.45, 2.75) is 76.5 Å². The number of phenolic OH excluding ortho intramolecular Hbond substituents is 1. The van der Waals surface area contributed by atoms with E-state index >= 15 is 0 Å². The van der Waals surface area contributed by atoms with Gasteiger partial charge in [-0.05, 0) is 62.3 Å². The Morgan fingerprint density at radius 2 is 1.40 bits per heavy atom. The summed E-state index contributed by atoms with van der Waals surface area (Å²) in [4.78, 5) is 55.0. The highest BCUT2D eigenvalue weighted by atomic mass is 16.4. The molecule has 14 heteroatoms. The summed E-state index contributed by atoms with van der Waals surface area (Å²) in [5.74, 6) is -3.42. The molecule has 14 nitrogen and oxygen atoms in total. The highest BCUT2D eigenvalue weighted by Crippen LogP contribution is 2.13. The number of benzene rings is 1. The van der Waals surface area contributed by atoms with Gasteiger partial charge < -0.3 is 49.1 Å². The number of phenols is 1. The fourth-order valence-electron chi connectivity index (χ4n) is 3.71. The lowest BCUT2D eigenvalue weighted by Crippen LogP contribution is -2.58. The topological polar surface area (TPSA) is 261 Å². The van der Waals surface area contributed by atoms with E-state index in [2.05, 4.69) is 20.9 Å². The van der Waals surface area contributed by atoms with Gasteiger partial charge in [0.15, 0.2) is 5.96 Å². The summed E-state index contributed by atoms with van der Waals surface area (Å²) >= 11 is 0. The van der Waals surface area contributed by atoms with E-state index in [0.29, 0.717) is 31.4 Å². The molecule has 0 fully saturated rings. The Morgan fingerprint density at radius 3 is 1.95 bits per heavy atom. The van der Waals surface area contributed by atoms with E-state index in [4.69, 9.17) is 22.9 Å². The number of amides is 3. The van der Waals surface area contributed by atoms with Crippen molar-refractivity contribution in [3.8, 4) is 5.75 Å². The summed E-state index contributed by atoms with van der Waals surface area (Å²) < 4.78 is 0. The predicted octanol–water partition coefficient (Wildman–Crippen LogP) is -1.36. The number of guanidine groups is 1. The van der Waals surface area contributed by atoms with E-state index < -0.39 is 47.9 Å². The number of hydrogen-bond donors (Lipinski definition) is 9. The van der Waals surface area contributed by atoms with E-state index in [-0.39, 0.29) is 43.4 Å². The molecule has 0 saturated heterocycles. The first-order valence-electron chi connectivity index (χ1n) is 13.3. The Hall–Kier alpha value is -3.91. The molecule has 0 aromatic heterocycles. The zero-order valence-electron chi connectivity index (χ0n) is 23.1. The van der Waals surface area contributed by atoms with Crippen molar-refractivity contribution in [1.29, 1.82) is 0 Å². The highest BCUT2D eigenvalue weighted by molar-refractivity contribution is 5.94. The van der Waals surface area contributed by atoms with Gasteiger partial charge in [-0.1, -0.05) is 26.0 Å². The minimum atomic E-state index is -1.22. The van der Waals surface area contributed by atoms with Crippen molar-refractivity contribution in [1.82, 2.24) is 16.0 Å². The minimum absolute atomic E-state index is 0.00678. The molecule has 0 aliphatic heterocycles. The van der Waals surface area contributed by atoms with Gasteiger partial charge in [0.25, 0.3) is 0 Å². The van der Waals surface area contributed by atoms with Gasteiger partial charge in [-0.2, -0.15) is 0 Å². The SMILES string of the molecule is CC(C)C(N)C(=O)NC(CCCN=C(N)N)C(=O)NC(Cc1ccc(O)cc1)C(=O)NC(CCCCN)C(=O)O. The van der Waals surface area contributed by atoms with Crippen LogP contribution in [0, 0.1) is 5.92 Å². The van der Waals surface area contributed by atoms with Gasteiger partial charge in [0.2, 0.25) is 17.7 Å². The fourth-order valence-corrected chi connectivity index (χ4v) is 3.71. The molecule has 0 radical (unpaired) electrons. The Labute approximate surface area is 234 Å². The number of nitrogens with two attached hydrogens (primary N) is 4. The van der Waals surface area contributed by atoms with E-state index in [9.17, 15) is 29.4 Å². The molecule has 0 heterocycles. The molecule has 1 aromatic carbocycles. The van der Waals surface area contributed by atoms with E-state index in [0.717, 1.165) is 0 Å². The molecular weight excluding hydrogens is 520 g/mol. The Bertz CT molecular complexity index is 997. The number of nitrogens with zero attached hydrogens (tertiary/aromatic N) is 1. The Kier molecular flexibility index (Phi) is 15.0. The zero-order chi connectivity index (χ0) is 30.2. The molecule has 4 unspecified atom stereocenters. The molecule has 0 bridgehead atoms. The molecule has 3 amide bonds. The molecule has 40 heavy (non-hydrogen) atoms. The predicted molar refractivity (Wildman–Crippen MR) is 151 cm³/mol. The average molecular weight is 565 g/mol. The number of carboxylic acids is 1. The lowest BCUT2D eigenvalue weighted by Gasteiger charge is -2.26. The molecule has 0 aliphatic rings. The van der Waals surface area contributed by atoms with Crippen LogP contribution in [0.3, 0.4) is 0 Å². The monoisotopic (exact) mass is 564 g/mol. The number of rotatable bonds is 18. The second kappa shape index (κ2) is 17.6. The molecule has 224 valence electrons. The van der Waals surface area contributed by atoms with Gasteiger partial charge in [0.05, 0.1) is 6.04 Å². The quantitative estimate of drug-likeness (QED) is 0.0574. The van der Waals surface area contributed by atoms with Gasteiger partial charge in [-0.3, -0.25) is 19.4 Å². The number of unbranched alkanes of at least 4 members (excludes halogenated alkanes) is 1. The molecule has 13 N–H and O–H groups in total. The van der Waals surface area contributed by atoms with Crippen LogP contribution in [0.1, 0.15) is 51.5 Å². The zero-order valence-corrected chi connectivity index (χ0v) is 23.1. The van der Waals surface area contributed by atoms with Crippen LogP contribution < -0.4 is 38.9 Å². The van der Waals surface area contributed by atoms with Gasteiger partial charge in [-0.25, -0.2) is 4.79 Å². The first kappa shape index (κ1) is 34.1. The summed E-state index contributed by atoms with van der Waals surface area (Å²) in [6.07, 6.45) is 1.71. The summed E-state index contributed by atoms with van der Waals surface area (Å²) in [5, 5.41) is 27.0. The molecule has 0 saturated carbocycles. The van der Waals surface area contributed by atoms with Crippen molar-refractivity contribution in [2.24, 2.45) is 33.8 Å². The maximum atomic E-state index is 13.4. The van der Waals surface area contributed by atoms with Crippen LogP contribution >= 0.6 is 0 Å². The second-order valence-corrected chi connectivity index (χ2v) is 9.90. The third-order valence-electron chi connectivity index (χ3n) is 6.17. The van der Waals surface area contributed by atoms with Crippen LogP contribution in [0.5, 0.6) is 5.75 Å². The summed E-state index contributed by atoms with van der Waals surface area (Å²) in [6, 6.07) is 1.71. The number of carbonyl (C=O) groups is 4. The maximum absolute atomic E-state index is 13.4. The summed E-state index contributed by atoms with van der Waals surface area (Å²) in [7, 11) is 0. The molecule has 1 rings (SSSR count). The number of nitrogens with one attached hydrogen (secondary N) is 3. The van der Waals surface area contributed by atoms with E-state index in [1.807, 2.05) is 0 Å². The van der Waals surface area contributed by atoms with Crippen molar-refractivity contribution >= 4 is 29.7 Å². The van der Waals surface area contributed by atoms with Crippen molar-refractivity contribution < 1.29 is 29.4 Å². The number of aliphatic carboxylic acids is 1. The van der Waals surface area contributed by atoms with Crippen molar-refractivity contribution in [3.63, 3.8) is 0 Å². The minimum Gasteiger partial charge on any atom is -0.508 e. The Balaban J connectivity index is 3.18. The molecule has 4 atom stereocenters. The lowest BCUT2D eigenvalue weighted by molar-refractivity contribution is -0.142. The van der Waals surface area contributed by atoms with Crippen molar-refractivity contribution in [2.75, 3.05) is 13.1 Å². The standard InChI is InChI=1S/C26H44N8O6/c1-15(2)21(28)24(38)32-18(7-5-13-31-26(29)30)22(36)34-20(14-16-8-10-17(35)11-9-16)23(37)33-19(25(39)40)6-3-4-12-27/h8-11,15,18-21,35H,3-7,12-14,27-28H2,1-2H3,(H,32,38)(H,33,37)(H,34,36)(H,39,40)(H4,29,30,31). The van der Waals surface area contributed by atoms with Gasteiger partial charge >= 0.3 is 5.97 Å². The first-order valence-corrected chi connectivity index (χ1v) is 13.3. The Morgan fingerprint density at radius 1 is 0.850 bits per heavy atom. The highest BCUT2D eigenvalue weighted by Gasteiger charge is 2.30. The average Bonchev–Trinajstić information content (AvgIpc) is 2.89. The third kappa shape index (κ3) is 12.8. The summed E-state index contributed by atoms with van der Waals surface area (Å²) in [5.41, 5.74) is 22.8. The molecular formula is C26H44N8O6. The number of carbonyl (C=O) groups excluding carboxylic acids is 3. The van der Waals surface area contributed by atoms with Gasteiger partial charge in [0, 0.05) is 13.0 Å². The normalized spacial score (nSPS) is 13.9. The largest absolute Gasteiger partial charge is 0.508 e. The number of carboxylic acid groups (broad SMARTS) is 1. The number of hydrogen-bond acceptors (Lipinski definition) is 8. The van der Waals surface area contributed by atoms with E-state index in [1.54, 1.807) is 26.0 Å². The van der Waals surface area contributed by atoms with E-state index in [1.165, 1.54) is 12.1 Å². The first-order chi connectivity index (χ1) is 18.8. The lowest BCUT2D eigenvalue weighted by atomic mass is 10.0.